The highest BCUT2D eigenvalue weighted by Crippen LogP contribution is 1.99. The van der Waals surface area contributed by atoms with Crippen molar-refractivity contribution < 1.29 is 5.11 Å². The van der Waals surface area contributed by atoms with Crippen LogP contribution in [0.2, 0.25) is 0 Å². The third-order valence-corrected chi connectivity index (χ3v) is 1.15. The molecule has 0 unspecified atom stereocenters. The number of aromatic nitrogens is 1. The minimum Gasteiger partial charge on any atom is -0.392 e. The Kier molecular flexibility index (Phi) is 2.03. The molecule has 0 atom stereocenters. The van der Waals surface area contributed by atoms with E-state index in [9.17, 15) is 0 Å². The zero-order valence-corrected chi connectivity index (χ0v) is 5.41. The summed E-state index contributed by atoms with van der Waals surface area (Å²) >= 11 is 0. The van der Waals surface area contributed by atoms with E-state index in [0.29, 0.717) is 5.69 Å². The zero-order chi connectivity index (χ0) is 7.40. The Balaban J connectivity index is 3.01. The van der Waals surface area contributed by atoms with Crippen LogP contribution < -0.4 is 0 Å². The summed E-state index contributed by atoms with van der Waals surface area (Å²) < 4.78 is 0. The number of hydrogen-bond acceptors (Lipinski definition) is 2. The molecule has 1 N–H and O–H groups in total. The maximum atomic E-state index is 8.66. The monoisotopic (exact) mass is 133 g/mol. The van der Waals surface area contributed by atoms with Crippen LogP contribution in [0.15, 0.2) is 18.3 Å². The summed E-state index contributed by atoms with van der Waals surface area (Å²) in [5, 5.41) is 8.66. The van der Waals surface area contributed by atoms with Crippen molar-refractivity contribution in [3.05, 3.63) is 29.6 Å². The highest BCUT2D eigenvalue weighted by Gasteiger charge is 1.90. The summed E-state index contributed by atoms with van der Waals surface area (Å²) in [6.07, 6.45) is 6.66. The van der Waals surface area contributed by atoms with Crippen LogP contribution in [0, 0.1) is 12.3 Å². The minimum absolute atomic E-state index is 0.0111. The number of aliphatic hydroxyl groups excluding tert-OH is 1. The van der Waals surface area contributed by atoms with Crippen LogP contribution in [0.5, 0.6) is 0 Å². The average Bonchev–Trinajstić information content (AvgIpc) is 2.05. The fraction of sp³-hybridized carbons (Fsp3) is 0.125. The van der Waals surface area contributed by atoms with Crippen molar-refractivity contribution in [2.75, 3.05) is 0 Å². The van der Waals surface area contributed by atoms with Crippen molar-refractivity contribution in [1.82, 2.24) is 4.98 Å². The number of rotatable bonds is 1. The Morgan fingerprint density at radius 3 is 3.10 bits per heavy atom. The number of pyridine rings is 1. The van der Waals surface area contributed by atoms with Gasteiger partial charge in [0.2, 0.25) is 0 Å². The molecule has 0 aliphatic heterocycles. The molecule has 0 amide bonds. The molecule has 50 valence electrons. The lowest BCUT2D eigenvalue weighted by Crippen LogP contribution is -1.86. The Labute approximate surface area is 59.5 Å². The summed E-state index contributed by atoms with van der Waals surface area (Å²) in [6.45, 7) is 0.0111. The van der Waals surface area contributed by atoms with Gasteiger partial charge in [-0.05, 0) is 17.7 Å². The SMILES string of the molecule is C#Cc1cc(CO)ccn1. The molecule has 0 fully saturated rings. The Hall–Kier alpha value is -1.33. The smallest absolute Gasteiger partial charge is 0.113 e. The van der Waals surface area contributed by atoms with Gasteiger partial charge in [-0.3, -0.25) is 0 Å². The second-order valence-electron chi connectivity index (χ2n) is 1.85. The van der Waals surface area contributed by atoms with Crippen LogP contribution in [0.1, 0.15) is 11.3 Å². The maximum absolute atomic E-state index is 8.66. The van der Waals surface area contributed by atoms with Crippen molar-refractivity contribution in [2.24, 2.45) is 0 Å². The second-order valence-corrected chi connectivity index (χ2v) is 1.85. The number of hydrogen-bond donors (Lipinski definition) is 1. The van der Waals surface area contributed by atoms with Crippen molar-refractivity contribution >= 4 is 0 Å². The molecule has 2 nitrogen and oxygen atoms in total. The Morgan fingerprint density at radius 1 is 1.70 bits per heavy atom. The summed E-state index contributed by atoms with van der Waals surface area (Å²) in [6, 6.07) is 3.40. The van der Waals surface area contributed by atoms with Gasteiger partial charge in [0.1, 0.15) is 5.69 Å². The predicted molar refractivity (Wildman–Crippen MR) is 38.1 cm³/mol. The topological polar surface area (TPSA) is 33.1 Å². The van der Waals surface area contributed by atoms with Gasteiger partial charge in [-0.2, -0.15) is 0 Å². The molecule has 1 heterocycles. The van der Waals surface area contributed by atoms with E-state index in [1.807, 2.05) is 0 Å². The van der Waals surface area contributed by atoms with Crippen molar-refractivity contribution in [1.29, 1.82) is 0 Å². The first-order chi connectivity index (χ1) is 4.86. The highest BCUT2D eigenvalue weighted by molar-refractivity contribution is 5.27. The molecule has 0 saturated carbocycles. The molecular weight excluding hydrogens is 126 g/mol. The van der Waals surface area contributed by atoms with Gasteiger partial charge in [0.25, 0.3) is 0 Å². The van der Waals surface area contributed by atoms with Gasteiger partial charge in [-0.15, -0.1) is 6.42 Å². The van der Waals surface area contributed by atoms with E-state index in [4.69, 9.17) is 11.5 Å². The second kappa shape index (κ2) is 3.00. The average molecular weight is 133 g/mol. The van der Waals surface area contributed by atoms with Crippen LogP contribution in [0.3, 0.4) is 0 Å². The number of nitrogens with zero attached hydrogens (tertiary/aromatic N) is 1. The van der Waals surface area contributed by atoms with Gasteiger partial charge in [0.05, 0.1) is 6.61 Å². The molecule has 0 bridgehead atoms. The van der Waals surface area contributed by atoms with E-state index in [1.54, 1.807) is 18.3 Å². The van der Waals surface area contributed by atoms with Crippen molar-refractivity contribution in [2.45, 2.75) is 6.61 Å². The predicted octanol–water partition coefficient (Wildman–Crippen LogP) is 0.555. The fourth-order valence-corrected chi connectivity index (χ4v) is 0.652. The first-order valence-corrected chi connectivity index (χ1v) is 2.89. The van der Waals surface area contributed by atoms with E-state index < -0.39 is 0 Å². The first kappa shape index (κ1) is 6.79. The lowest BCUT2D eigenvalue weighted by Gasteiger charge is -1.93. The van der Waals surface area contributed by atoms with Gasteiger partial charge in [-0.25, -0.2) is 4.98 Å². The van der Waals surface area contributed by atoms with Gasteiger partial charge in [-0.1, -0.05) is 5.92 Å². The summed E-state index contributed by atoms with van der Waals surface area (Å²) in [5.41, 5.74) is 1.36. The van der Waals surface area contributed by atoms with Crippen LogP contribution >= 0.6 is 0 Å². The molecule has 0 aromatic carbocycles. The van der Waals surface area contributed by atoms with E-state index in [2.05, 4.69) is 10.9 Å². The van der Waals surface area contributed by atoms with E-state index in [0.717, 1.165) is 5.56 Å². The quantitative estimate of drug-likeness (QED) is 0.568. The number of terminal acetylenes is 1. The lowest BCUT2D eigenvalue weighted by molar-refractivity contribution is 0.281. The maximum Gasteiger partial charge on any atom is 0.113 e. The van der Waals surface area contributed by atoms with Crippen molar-refractivity contribution in [3.63, 3.8) is 0 Å². The Morgan fingerprint density at radius 2 is 2.50 bits per heavy atom. The molecule has 0 aliphatic carbocycles. The molecule has 1 aromatic rings. The normalized spacial score (nSPS) is 8.80. The van der Waals surface area contributed by atoms with Crippen LogP contribution in [-0.4, -0.2) is 10.1 Å². The lowest BCUT2D eigenvalue weighted by atomic mass is 10.2. The molecule has 0 radical (unpaired) electrons. The van der Waals surface area contributed by atoms with Gasteiger partial charge in [0, 0.05) is 6.20 Å². The first-order valence-electron chi connectivity index (χ1n) is 2.89. The molecule has 10 heavy (non-hydrogen) atoms. The number of aliphatic hydroxyl groups is 1. The Bertz CT molecular complexity index is 262. The van der Waals surface area contributed by atoms with Crippen LogP contribution in [-0.2, 0) is 6.61 Å². The molecule has 2 heteroatoms. The summed E-state index contributed by atoms with van der Waals surface area (Å²) in [5.74, 6) is 2.38. The standard InChI is InChI=1S/C8H7NO/c1-2-8-5-7(6-10)3-4-9-8/h1,3-5,10H,6H2. The molecular formula is C8H7NO. The van der Waals surface area contributed by atoms with Crippen LogP contribution in [0.25, 0.3) is 0 Å². The third-order valence-electron chi connectivity index (χ3n) is 1.15. The van der Waals surface area contributed by atoms with E-state index >= 15 is 0 Å². The fourth-order valence-electron chi connectivity index (χ4n) is 0.652. The summed E-state index contributed by atoms with van der Waals surface area (Å²) in [4.78, 5) is 3.86. The van der Waals surface area contributed by atoms with Gasteiger partial charge in [0.15, 0.2) is 0 Å². The molecule has 1 aromatic heterocycles. The molecule has 0 saturated heterocycles. The molecule has 1 rings (SSSR count). The van der Waals surface area contributed by atoms with Gasteiger partial charge >= 0.3 is 0 Å². The largest absolute Gasteiger partial charge is 0.392 e. The third kappa shape index (κ3) is 1.34. The molecule has 0 spiro atoms. The van der Waals surface area contributed by atoms with Crippen molar-refractivity contribution in [3.8, 4) is 12.3 Å². The zero-order valence-electron chi connectivity index (χ0n) is 5.41. The molecule has 0 aliphatic rings. The van der Waals surface area contributed by atoms with E-state index in [1.165, 1.54) is 0 Å². The van der Waals surface area contributed by atoms with E-state index in [-0.39, 0.29) is 6.61 Å². The van der Waals surface area contributed by atoms with Gasteiger partial charge < -0.3 is 5.11 Å². The summed E-state index contributed by atoms with van der Waals surface area (Å²) in [7, 11) is 0. The highest BCUT2D eigenvalue weighted by atomic mass is 16.3. The van der Waals surface area contributed by atoms with Crippen LogP contribution in [0.4, 0.5) is 0 Å². The minimum atomic E-state index is 0.0111.